The van der Waals surface area contributed by atoms with Gasteiger partial charge in [-0.25, -0.2) is 9.18 Å². The maximum Gasteiger partial charge on any atom is 0.323 e. The number of amides is 2. The summed E-state index contributed by atoms with van der Waals surface area (Å²) in [6.07, 6.45) is 1.40. The van der Waals surface area contributed by atoms with Crippen LogP contribution in [-0.4, -0.2) is 35.1 Å². The van der Waals surface area contributed by atoms with Crippen LogP contribution in [0.2, 0.25) is 5.02 Å². The Kier molecular flexibility index (Phi) is 5.32. The molecule has 0 atom stereocenters. The first-order chi connectivity index (χ1) is 8.93. The number of carbonyl (C=O) groups excluding carboxylic acids is 1. The second-order valence-electron chi connectivity index (χ2n) is 3.62. The van der Waals surface area contributed by atoms with Crippen molar-refractivity contribution in [2.75, 3.05) is 18.4 Å². The fourth-order valence-electron chi connectivity index (χ4n) is 1.32. The minimum absolute atomic E-state index is 0.0298. The molecule has 0 aromatic heterocycles. The normalized spacial score (nSPS) is 9.79. The van der Waals surface area contributed by atoms with Crippen molar-refractivity contribution in [3.8, 4) is 0 Å². The molecule has 1 aromatic carbocycles. The highest BCUT2D eigenvalue weighted by atomic mass is 35.5. The zero-order valence-electron chi connectivity index (χ0n) is 9.90. The molecule has 5 nitrogen and oxygen atoms in total. The van der Waals surface area contributed by atoms with Gasteiger partial charge in [0.2, 0.25) is 0 Å². The number of benzene rings is 1. The molecule has 0 aliphatic heterocycles. The second kappa shape index (κ2) is 6.75. The van der Waals surface area contributed by atoms with Crippen LogP contribution >= 0.6 is 11.6 Å². The van der Waals surface area contributed by atoms with Crippen molar-refractivity contribution in [1.29, 1.82) is 0 Å². The lowest BCUT2D eigenvalue weighted by Gasteiger charge is -2.19. The molecule has 102 valence electrons. The molecule has 0 saturated carbocycles. The molecule has 7 heteroatoms. The molecule has 0 saturated heterocycles. The van der Waals surface area contributed by atoms with Crippen molar-refractivity contribution in [2.24, 2.45) is 0 Å². The number of hydrogen-bond acceptors (Lipinski definition) is 2. The highest BCUT2D eigenvalue weighted by Crippen LogP contribution is 2.22. The van der Waals surface area contributed by atoms with E-state index in [4.69, 9.17) is 16.7 Å². The summed E-state index contributed by atoms with van der Waals surface area (Å²) in [6.45, 7) is 3.03. The first-order valence-corrected chi connectivity index (χ1v) is 5.65. The van der Waals surface area contributed by atoms with Crippen LogP contribution in [0.15, 0.2) is 30.9 Å². The van der Waals surface area contributed by atoms with Crippen LogP contribution in [0.5, 0.6) is 0 Å². The van der Waals surface area contributed by atoms with E-state index in [1.807, 2.05) is 0 Å². The average molecular weight is 287 g/mol. The molecule has 2 N–H and O–H groups in total. The van der Waals surface area contributed by atoms with Crippen LogP contribution in [0.25, 0.3) is 0 Å². The number of carboxylic acids is 1. The zero-order chi connectivity index (χ0) is 14.4. The van der Waals surface area contributed by atoms with E-state index in [0.717, 1.165) is 17.0 Å². The van der Waals surface area contributed by atoms with E-state index in [-0.39, 0.29) is 17.3 Å². The van der Waals surface area contributed by atoms with Gasteiger partial charge in [0.05, 0.1) is 10.7 Å². The van der Waals surface area contributed by atoms with E-state index >= 15 is 0 Å². The maximum absolute atomic E-state index is 12.8. The van der Waals surface area contributed by atoms with E-state index in [2.05, 4.69) is 11.9 Å². The Morgan fingerprint density at radius 1 is 1.53 bits per heavy atom. The molecule has 1 aromatic rings. The number of halogens is 2. The number of carboxylic acid groups (broad SMARTS) is 1. The highest BCUT2D eigenvalue weighted by Gasteiger charge is 2.16. The van der Waals surface area contributed by atoms with Crippen LogP contribution < -0.4 is 5.32 Å². The lowest BCUT2D eigenvalue weighted by atomic mass is 10.3. The molecule has 0 unspecified atom stereocenters. The topological polar surface area (TPSA) is 69.6 Å². The first kappa shape index (κ1) is 15.0. The number of anilines is 1. The van der Waals surface area contributed by atoms with Gasteiger partial charge in [-0.15, -0.1) is 6.58 Å². The molecule has 19 heavy (non-hydrogen) atoms. The number of urea groups is 1. The Balaban J connectivity index is 2.80. The second-order valence-corrected chi connectivity index (χ2v) is 4.02. The van der Waals surface area contributed by atoms with Gasteiger partial charge in [0.25, 0.3) is 0 Å². The Bertz CT molecular complexity index is 508. The van der Waals surface area contributed by atoms with Gasteiger partial charge in [0.1, 0.15) is 12.4 Å². The van der Waals surface area contributed by atoms with Crippen molar-refractivity contribution >= 4 is 29.3 Å². The number of hydrogen-bond donors (Lipinski definition) is 2. The van der Waals surface area contributed by atoms with E-state index in [1.165, 1.54) is 12.1 Å². The molecule has 2 amide bonds. The number of aliphatic carboxylic acids is 1. The van der Waals surface area contributed by atoms with Crippen molar-refractivity contribution in [3.63, 3.8) is 0 Å². The monoisotopic (exact) mass is 286 g/mol. The van der Waals surface area contributed by atoms with E-state index in [0.29, 0.717) is 0 Å². The maximum atomic E-state index is 12.8. The summed E-state index contributed by atoms with van der Waals surface area (Å²) in [4.78, 5) is 23.5. The molecular weight excluding hydrogens is 275 g/mol. The van der Waals surface area contributed by atoms with Crippen LogP contribution in [-0.2, 0) is 4.79 Å². The summed E-state index contributed by atoms with van der Waals surface area (Å²) >= 11 is 5.75. The SMILES string of the molecule is C=CCN(CC(=O)O)C(=O)Nc1ccc(F)cc1Cl. The third-order valence-corrected chi connectivity index (χ3v) is 2.45. The van der Waals surface area contributed by atoms with E-state index in [1.54, 1.807) is 0 Å². The molecular formula is C12H12ClFN2O3. The summed E-state index contributed by atoms with van der Waals surface area (Å²) in [7, 11) is 0. The molecule has 0 radical (unpaired) electrons. The fraction of sp³-hybridized carbons (Fsp3) is 0.167. The van der Waals surface area contributed by atoms with Crippen molar-refractivity contribution in [1.82, 2.24) is 4.90 Å². The molecule has 0 aliphatic carbocycles. The number of nitrogens with one attached hydrogen (secondary N) is 1. The summed E-state index contributed by atoms with van der Waals surface area (Å²) in [5, 5.41) is 11.1. The minimum Gasteiger partial charge on any atom is -0.480 e. The Morgan fingerprint density at radius 2 is 2.21 bits per heavy atom. The number of carbonyl (C=O) groups is 2. The zero-order valence-corrected chi connectivity index (χ0v) is 10.7. The Labute approximate surface area is 114 Å². The quantitative estimate of drug-likeness (QED) is 0.817. The highest BCUT2D eigenvalue weighted by molar-refractivity contribution is 6.33. The summed E-state index contributed by atoms with van der Waals surface area (Å²) in [5.74, 6) is -1.68. The van der Waals surface area contributed by atoms with E-state index < -0.39 is 24.4 Å². The lowest BCUT2D eigenvalue weighted by Crippen LogP contribution is -2.38. The van der Waals surface area contributed by atoms with Crippen molar-refractivity contribution in [3.05, 3.63) is 41.7 Å². The third-order valence-electron chi connectivity index (χ3n) is 2.14. The minimum atomic E-state index is -1.15. The van der Waals surface area contributed by atoms with Gasteiger partial charge < -0.3 is 15.3 Å². The van der Waals surface area contributed by atoms with Gasteiger partial charge in [-0.1, -0.05) is 17.7 Å². The smallest absolute Gasteiger partial charge is 0.323 e. The first-order valence-electron chi connectivity index (χ1n) is 5.27. The number of rotatable bonds is 5. The lowest BCUT2D eigenvalue weighted by molar-refractivity contribution is -0.137. The molecule has 0 bridgehead atoms. The molecule has 0 spiro atoms. The van der Waals surface area contributed by atoms with Gasteiger partial charge in [0.15, 0.2) is 0 Å². The molecule has 0 aliphatic rings. The van der Waals surface area contributed by atoms with Gasteiger partial charge in [0, 0.05) is 6.54 Å². The Hall–Kier alpha value is -2.08. The van der Waals surface area contributed by atoms with Crippen LogP contribution in [0, 0.1) is 5.82 Å². The fourth-order valence-corrected chi connectivity index (χ4v) is 1.54. The number of nitrogens with zero attached hydrogens (tertiary/aromatic N) is 1. The summed E-state index contributed by atoms with van der Waals surface area (Å²) in [5.41, 5.74) is 0.201. The third kappa shape index (κ3) is 4.59. The molecule has 0 heterocycles. The van der Waals surface area contributed by atoms with Crippen LogP contribution in [0.1, 0.15) is 0 Å². The van der Waals surface area contributed by atoms with Gasteiger partial charge >= 0.3 is 12.0 Å². The predicted molar refractivity (Wildman–Crippen MR) is 69.8 cm³/mol. The largest absolute Gasteiger partial charge is 0.480 e. The predicted octanol–water partition coefficient (Wildman–Crippen LogP) is 2.58. The molecule has 0 fully saturated rings. The van der Waals surface area contributed by atoms with E-state index in [9.17, 15) is 14.0 Å². The summed E-state index contributed by atoms with van der Waals surface area (Å²) < 4.78 is 12.8. The van der Waals surface area contributed by atoms with Crippen LogP contribution in [0.3, 0.4) is 0 Å². The van der Waals surface area contributed by atoms with Gasteiger partial charge in [-0.3, -0.25) is 4.79 Å². The van der Waals surface area contributed by atoms with Crippen molar-refractivity contribution in [2.45, 2.75) is 0 Å². The van der Waals surface area contributed by atoms with Crippen molar-refractivity contribution < 1.29 is 19.1 Å². The average Bonchev–Trinajstić information content (AvgIpc) is 2.31. The van der Waals surface area contributed by atoms with Gasteiger partial charge in [-0.05, 0) is 18.2 Å². The van der Waals surface area contributed by atoms with Crippen LogP contribution in [0.4, 0.5) is 14.9 Å². The van der Waals surface area contributed by atoms with Gasteiger partial charge in [-0.2, -0.15) is 0 Å². The molecule has 1 rings (SSSR count). The Morgan fingerprint density at radius 3 is 2.74 bits per heavy atom. The summed E-state index contributed by atoms with van der Waals surface area (Å²) in [6, 6.07) is 2.82. The standard InChI is InChI=1S/C12H12ClFN2O3/c1-2-5-16(7-11(17)18)12(19)15-10-4-3-8(14)6-9(10)13/h2-4,6H,1,5,7H2,(H,15,19)(H,17,18).